The van der Waals surface area contributed by atoms with Gasteiger partial charge in [-0.15, -0.1) is 0 Å². The maximum absolute atomic E-state index is 2.36. The van der Waals surface area contributed by atoms with Crippen molar-refractivity contribution in [1.82, 2.24) is 4.57 Å². The van der Waals surface area contributed by atoms with Gasteiger partial charge in [-0.2, -0.15) is 0 Å². The standard InChI is InChI=1S/C19H15N/c1-2-8-15(9-3-1)19-14-16-10-4-7-13-18(16)20(19)17-11-5-6-12-17/h1-5,7-14H,6H2. The number of rotatable bonds is 2. The third-order valence-electron chi connectivity index (χ3n) is 3.79. The smallest absolute Gasteiger partial charge is 0.0540 e. The van der Waals surface area contributed by atoms with E-state index in [0.717, 1.165) is 6.42 Å². The Kier molecular flexibility index (Phi) is 2.56. The molecule has 96 valence electrons. The van der Waals surface area contributed by atoms with Crippen molar-refractivity contribution in [2.24, 2.45) is 0 Å². The second-order valence-corrected chi connectivity index (χ2v) is 5.06. The van der Waals surface area contributed by atoms with Crippen LogP contribution in [0, 0.1) is 0 Å². The van der Waals surface area contributed by atoms with Crippen LogP contribution in [0.15, 0.2) is 78.9 Å². The molecule has 20 heavy (non-hydrogen) atoms. The minimum Gasteiger partial charge on any atom is -0.310 e. The summed E-state index contributed by atoms with van der Waals surface area (Å²) in [7, 11) is 0. The predicted molar refractivity (Wildman–Crippen MR) is 85.4 cm³/mol. The molecular weight excluding hydrogens is 242 g/mol. The highest BCUT2D eigenvalue weighted by Crippen LogP contribution is 2.32. The third-order valence-corrected chi connectivity index (χ3v) is 3.79. The first-order valence-electron chi connectivity index (χ1n) is 6.96. The molecule has 0 atom stereocenters. The van der Waals surface area contributed by atoms with E-state index in [4.69, 9.17) is 0 Å². The quantitative estimate of drug-likeness (QED) is 0.601. The van der Waals surface area contributed by atoms with E-state index in [1.165, 1.54) is 27.9 Å². The van der Waals surface area contributed by atoms with Gasteiger partial charge in [-0.1, -0.05) is 60.7 Å². The summed E-state index contributed by atoms with van der Waals surface area (Å²) in [4.78, 5) is 0. The summed E-state index contributed by atoms with van der Waals surface area (Å²) in [6.45, 7) is 0. The molecule has 1 heteroatoms. The normalized spacial score (nSPS) is 13.9. The van der Waals surface area contributed by atoms with Crippen LogP contribution < -0.4 is 0 Å². The molecule has 0 unspecified atom stereocenters. The molecule has 1 aliphatic carbocycles. The molecule has 1 nitrogen and oxygen atoms in total. The first kappa shape index (κ1) is 11.3. The van der Waals surface area contributed by atoms with Crippen molar-refractivity contribution in [3.05, 3.63) is 78.9 Å². The summed E-state index contributed by atoms with van der Waals surface area (Å²) in [6.07, 6.45) is 7.71. The van der Waals surface area contributed by atoms with Crippen LogP contribution in [0.25, 0.3) is 27.9 Å². The molecule has 0 fully saturated rings. The number of hydrogen-bond donors (Lipinski definition) is 0. The summed E-state index contributed by atoms with van der Waals surface area (Å²) in [5.74, 6) is 0. The van der Waals surface area contributed by atoms with Crippen LogP contribution in [-0.2, 0) is 0 Å². The van der Waals surface area contributed by atoms with Crippen molar-refractivity contribution in [2.45, 2.75) is 6.42 Å². The van der Waals surface area contributed by atoms with E-state index in [-0.39, 0.29) is 0 Å². The highest BCUT2D eigenvalue weighted by atomic mass is 15.0. The minimum atomic E-state index is 1.02. The van der Waals surface area contributed by atoms with E-state index >= 15 is 0 Å². The summed E-state index contributed by atoms with van der Waals surface area (Å²) >= 11 is 0. The van der Waals surface area contributed by atoms with Gasteiger partial charge in [0.05, 0.1) is 11.2 Å². The Bertz CT molecular complexity index is 819. The van der Waals surface area contributed by atoms with Crippen LogP contribution in [0.3, 0.4) is 0 Å². The number of aromatic nitrogens is 1. The number of allylic oxidation sites excluding steroid dienone is 4. The fourth-order valence-corrected chi connectivity index (χ4v) is 2.87. The van der Waals surface area contributed by atoms with Crippen molar-refractivity contribution in [3.8, 4) is 11.3 Å². The number of benzene rings is 2. The lowest BCUT2D eigenvalue weighted by Crippen LogP contribution is -1.95. The first-order valence-corrected chi connectivity index (χ1v) is 6.96. The summed E-state index contributed by atoms with van der Waals surface area (Å²) in [6, 6.07) is 21.4. The Morgan fingerprint density at radius 3 is 2.45 bits per heavy atom. The minimum absolute atomic E-state index is 1.02. The van der Waals surface area contributed by atoms with Gasteiger partial charge < -0.3 is 4.57 Å². The van der Waals surface area contributed by atoms with E-state index in [9.17, 15) is 0 Å². The van der Waals surface area contributed by atoms with Gasteiger partial charge in [0.2, 0.25) is 0 Å². The Balaban J connectivity index is 2.05. The Morgan fingerprint density at radius 2 is 1.65 bits per heavy atom. The predicted octanol–water partition coefficient (Wildman–Crippen LogP) is 5.11. The van der Waals surface area contributed by atoms with Crippen LogP contribution in [0.4, 0.5) is 0 Å². The van der Waals surface area contributed by atoms with Crippen LogP contribution in [0.1, 0.15) is 6.42 Å². The van der Waals surface area contributed by atoms with E-state index in [1.54, 1.807) is 0 Å². The molecule has 0 saturated heterocycles. The fourth-order valence-electron chi connectivity index (χ4n) is 2.87. The molecule has 2 aromatic carbocycles. The molecule has 0 saturated carbocycles. The Morgan fingerprint density at radius 1 is 0.850 bits per heavy atom. The third kappa shape index (κ3) is 1.71. The number of nitrogens with zero attached hydrogens (tertiary/aromatic N) is 1. The maximum atomic E-state index is 2.36. The van der Waals surface area contributed by atoms with Gasteiger partial charge in [0.1, 0.15) is 0 Å². The molecule has 1 aliphatic rings. The zero-order valence-corrected chi connectivity index (χ0v) is 11.2. The number of hydrogen-bond acceptors (Lipinski definition) is 0. The average Bonchev–Trinajstić information content (AvgIpc) is 3.14. The molecule has 3 aromatic rings. The zero-order chi connectivity index (χ0) is 13.4. The molecule has 1 heterocycles. The van der Waals surface area contributed by atoms with E-state index in [2.05, 4.69) is 83.5 Å². The summed E-state index contributed by atoms with van der Waals surface area (Å²) in [5.41, 5.74) is 5.05. The SMILES string of the molecule is C1=CC(n2c(-c3ccccc3)cc3ccccc32)=CC1. The summed E-state index contributed by atoms with van der Waals surface area (Å²) in [5, 5.41) is 1.28. The average molecular weight is 257 g/mol. The van der Waals surface area contributed by atoms with Crippen molar-refractivity contribution in [1.29, 1.82) is 0 Å². The Labute approximate surface area is 118 Å². The summed E-state index contributed by atoms with van der Waals surface area (Å²) < 4.78 is 2.36. The van der Waals surface area contributed by atoms with Crippen LogP contribution in [-0.4, -0.2) is 4.57 Å². The van der Waals surface area contributed by atoms with Crippen molar-refractivity contribution in [3.63, 3.8) is 0 Å². The monoisotopic (exact) mass is 257 g/mol. The molecule has 0 amide bonds. The molecule has 0 spiro atoms. The van der Waals surface area contributed by atoms with Gasteiger partial charge in [0, 0.05) is 11.1 Å². The van der Waals surface area contributed by atoms with E-state index < -0.39 is 0 Å². The lowest BCUT2D eigenvalue weighted by molar-refractivity contribution is 1.19. The Hall–Kier alpha value is -2.54. The van der Waals surface area contributed by atoms with Crippen molar-refractivity contribution in [2.75, 3.05) is 0 Å². The van der Waals surface area contributed by atoms with Crippen molar-refractivity contribution >= 4 is 16.6 Å². The molecule has 0 aliphatic heterocycles. The van der Waals surface area contributed by atoms with Crippen LogP contribution in [0.2, 0.25) is 0 Å². The molecule has 1 aromatic heterocycles. The topological polar surface area (TPSA) is 4.93 Å². The zero-order valence-electron chi connectivity index (χ0n) is 11.2. The highest BCUT2D eigenvalue weighted by molar-refractivity contribution is 5.92. The maximum Gasteiger partial charge on any atom is 0.0540 e. The molecule has 0 bridgehead atoms. The largest absolute Gasteiger partial charge is 0.310 e. The van der Waals surface area contributed by atoms with Gasteiger partial charge in [0.25, 0.3) is 0 Å². The van der Waals surface area contributed by atoms with Crippen molar-refractivity contribution < 1.29 is 0 Å². The van der Waals surface area contributed by atoms with Gasteiger partial charge in [0.15, 0.2) is 0 Å². The van der Waals surface area contributed by atoms with Crippen LogP contribution >= 0.6 is 0 Å². The highest BCUT2D eigenvalue weighted by Gasteiger charge is 2.13. The second kappa shape index (κ2) is 4.53. The fraction of sp³-hybridized carbons (Fsp3) is 0.0526. The van der Waals surface area contributed by atoms with E-state index in [1.807, 2.05) is 0 Å². The van der Waals surface area contributed by atoms with Gasteiger partial charge in [-0.05, 0) is 30.2 Å². The van der Waals surface area contributed by atoms with Gasteiger partial charge in [-0.25, -0.2) is 0 Å². The van der Waals surface area contributed by atoms with Gasteiger partial charge >= 0.3 is 0 Å². The molecule has 4 rings (SSSR count). The molecule has 0 radical (unpaired) electrons. The molecular formula is C19H15N. The number of fused-ring (bicyclic) bond motifs is 1. The van der Waals surface area contributed by atoms with E-state index in [0.29, 0.717) is 0 Å². The second-order valence-electron chi connectivity index (χ2n) is 5.06. The lowest BCUT2D eigenvalue weighted by atomic mass is 10.1. The van der Waals surface area contributed by atoms with Crippen LogP contribution in [0.5, 0.6) is 0 Å². The first-order chi connectivity index (χ1) is 9.93. The number of para-hydroxylation sites is 1. The lowest BCUT2D eigenvalue weighted by Gasteiger charge is -2.10. The molecule has 0 N–H and O–H groups in total. The van der Waals surface area contributed by atoms with Gasteiger partial charge in [-0.3, -0.25) is 0 Å².